The van der Waals surface area contributed by atoms with Crippen LogP contribution in [0.5, 0.6) is 5.75 Å². The molecule has 1 unspecified atom stereocenters. The Balaban J connectivity index is 2.02. The Morgan fingerprint density at radius 2 is 1.77 bits per heavy atom. The molecule has 0 spiro atoms. The minimum Gasteiger partial charge on any atom is -0.494 e. The zero-order valence-corrected chi connectivity index (χ0v) is 19.4. The second-order valence-corrected chi connectivity index (χ2v) is 11.1. The molecule has 0 radical (unpaired) electrons. The maximum absolute atomic E-state index is 12.8. The first-order chi connectivity index (χ1) is 14.7. The van der Waals surface area contributed by atoms with Crippen LogP contribution >= 0.6 is 0 Å². The van der Waals surface area contributed by atoms with Gasteiger partial charge in [0.15, 0.2) is 0 Å². The van der Waals surface area contributed by atoms with Crippen LogP contribution in [-0.2, 0) is 20.0 Å². The standard InChI is InChI=1S/C21H27N3O5S2/c1-4-29-21-13-8-7-12-18(21)20-15-19(22-24(20)31(27,28)6-3)16-10-9-11-17(14-16)23-30(25,26)5-2/h7-14,20,23H,4-6,15H2,1-3H3. The predicted octanol–water partition coefficient (Wildman–Crippen LogP) is 3.35. The summed E-state index contributed by atoms with van der Waals surface area (Å²) in [5, 5.41) is 4.45. The number of rotatable bonds is 9. The van der Waals surface area contributed by atoms with Crippen molar-refractivity contribution in [3.8, 4) is 5.75 Å². The van der Waals surface area contributed by atoms with Crippen molar-refractivity contribution in [1.29, 1.82) is 0 Å². The molecule has 0 saturated carbocycles. The van der Waals surface area contributed by atoms with Crippen LogP contribution in [0.1, 0.15) is 44.4 Å². The Bertz CT molecular complexity index is 1180. The molecule has 3 rings (SSSR count). The van der Waals surface area contributed by atoms with E-state index >= 15 is 0 Å². The van der Waals surface area contributed by atoms with Crippen LogP contribution in [0.3, 0.4) is 0 Å². The Labute approximate surface area is 184 Å². The average Bonchev–Trinajstić information content (AvgIpc) is 3.21. The highest BCUT2D eigenvalue weighted by Crippen LogP contribution is 2.39. The molecule has 10 heteroatoms. The topological polar surface area (TPSA) is 105 Å². The molecule has 31 heavy (non-hydrogen) atoms. The summed E-state index contributed by atoms with van der Waals surface area (Å²) in [6.07, 6.45) is 0.341. The van der Waals surface area contributed by atoms with E-state index in [9.17, 15) is 16.8 Å². The van der Waals surface area contributed by atoms with Gasteiger partial charge in [-0.2, -0.15) is 9.52 Å². The molecular formula is C21H27N3O5S2. The highest BCUT2D eigenvalue weighted by molar-refractivity contribution is 7.92. The van der Waals surface area contributed by atoms with Crippen molar-refractivity contribution in [3.05, 3.63) is 59.7 Å². The van der Waals surface area contributed by atoms with Gasteiger partial charge in [-0.15, -0.1) is 0 Å². The second-order valence-electron chi connectivity index (χ2n) is 7.00. The summed E-state index contributed by atoms with van der Waals surface area (Å²) >= 11 is 0. The SMILES string of the molecule is CCOc1ccccc1C1CC(c2cccc(NS(=O)(=O)CC)c2)=NN1S(=O)(=O)CC. The number of sulfonamides is 2. The van der Waals surface area contributed by atoms with Gasteiger partial charge in [0.05, 0.1) is 29.9 Å². The van der Waals surface area contributed by atoms with E-state index in [1.54, 1.807) is 38.1 Å². The second kappa shape index (κ2) is 9.27. The molecule has 8 nitrogen and oxygen atoms in total. The van der Waals surface area contributed by atoms with Gasteiger partial charge in [0.25, 0.3) is 0 Å². The Morgan fingerprint density at radius 1 is 1.03 bits per heavy atom. The normalized spacial score (nSPS) is 16.8. The van der Waals surface area contributed by atoms with E-state index in [4.69, 9.17) is 4.74 Å². The van der Waals surface area contributed by atoms with E-state index in [1.165, 1.54) is 0 Å². The van der Waals surface area contributed by atoms with Crippen molar-refractivity contribution in [1.82, 2.24) is 4.41 Å². The van der Waals surface area contributed by atoms with E-state index < -0.39 is 26.1 Å². The van der Waals surface area contributed by atoms with Gasteiger partial charge in [-0.25, -0.2) is 16.8 Å². The quantitative estimate of drug-likeness (QED) is 0.611. The third-order valence-electron chi connectivity index (χ3n) is 4.95. The fourth-order valence-corrected chi connectivity index (χ4v) is 5.03. The van der Waals surface area contributed by atoms with Crippen molar-refractivity contribution in [3.63, 3.8) is 0 Å². The van der Waals surface area contributed by atoms with Gasteiger partial charge in [-0.3, -0.25) is 4.72 Å². The minimum atomic E-state index is -3.63. The third kappa shape index (κ3) is 5.19. The van der Waals surface area contributed by atoms with Crippen LogP contribution in [0.4, 0.5) is 5.69 Å². The van der Waals surface area contributed by atoms with Gasteiger partial charge in [0.1, 0.15) is 5.75 Å². The van der Waals surface area contributed by atoms with Crippen LogP contribution in [0.15, 0.2) is 53.6 Å². The zero-order valence-electron chi connectivity index (χ0n) is 17.8. The van der Waals surface area contributed by atoms with Gasteiger partial charge >= 0.3 is 0 Å². The van der Waals surface area contributed by atoms with Gasteiger partial charge in [0.2, 0.25) is 20.0 Å². The van der Waals surface area contributed by atoms with Gasteiger partial charge in [-0.1, -0.05) is 30.3 Å². The molecule has 2 aromatic carbocycles. The van der Waals surface area contributed by atoms with Crippen LogP contribution in [0.2, 0.25) is 0 Å². The van der Waals surface area contributed by atoms with Gasteiger partial charge in [-0.05, 0) is 44.5 Å². The lowest BCUT2D eigenvalue weighted by Crippen LogP contribution is -2.28. The summed E-state index contributed by atoms with van der Waals surface area (Å²) < 4.78 is 58.9. The molecule has 1 aliphatic heterocycles. The molecule has 168 valence electrons. The lowest BCUT2D eigenvalue weighted by Gasteiger charge is -2.24. The van der Waals surface area contributed by atoms with E-state index in [0.717, 1.165) is 9.98 Å². The molecule has 0 aromatic heterocycles. The maximum atomic E-state index is 12.8. The predicted molar refractivity (Wildman–Crippen MR) is 122 cm³/mol. The number of hydrogen-bond donors (Lipinski definition) is 1. The van der Waals surface area contributed by atoms with Crippen LogP contribution in [0.25, 0.3) is 0 Å². The van der Waals surface area contributed by atoms with Crippen molar-refractivity contribution in [2.75, 3.05) is 22.8 Å². The molecule has 0 aliphatic carbocycles. The summed E-state index contributed by atoms with van der Waals surface area (Å²) in [4.78, 5) is 0. The van der Waals surface area contributed by atoms with E-state index in [2.05, 4.69) is 9.82 Å². The van der Waals surface area contributed by atoms with E-state index in [-0.39, 0.29) is 11.5 Å². The maximum Gasteiger partial charge on any atom is 0.250 e. The summed E-state index contributed by atoms with van der Waals surface area (Å²) in [6, 6.07) is 13.6. The molecule has 1 heterocycles. The average molecular weight is 466 g/mol. The molecule has 0 amide bonds. The third-order valence-corrected chi connectivity index (χ3v) is 7.89. The lowest BCUT2D eigenvalue weighted by atomic mass is 9.98. The molecule has 1 N–H and O–H groups in total. The molecule has 0 bridgehead atoms. The smallest absolute Gasteiger partial charge is 0.250 e. The largest absolute Gasteiger partial charge is 0.494 e. The lowest BCUT2D eigenvalue weighted by molar-refractivity contribution is 0.316. The fourth-order valence-electron chi connectivity index (χ4n) is 3.34. The first-order valence-corrected chi connectivity index (χ1v) is 13.4. The van der Waals surface area contributed by atoms with Crippen molar-refractivity contribution < 1.29 is 21.6 Å². The van der Waals surface area contributed by atoms with Crippen molar-refractivity contribution >= 4 is 31.4 Å². The Hall–Kier alpha value is -2.59. The molecule has 2 aromatic rings. The van der Waals surface area contributed by atoms with Crippen LogP contribution < -0.4 is 9.46 Å². The summed E-state index contributed by atoms with van der Waals surface area (Å²) in [6.45, 7) is 5.46. The summed E-state index contributed by atoms with van der Waals surface area (Å²) in [5.74, 6) is 0.483. The van der Waals surface area contributed by atoms with E-state index in [1.807, 2.05) is 31.2 Å². The number of benzene rings is 2. The number of ether oxygens (including phenoxy) is 1. The zero-order chi connectivity index (χ0) is 22.6. The van der Waals surface area contributed by atoms with E-state index in [0.29, 0.717) is 35.7 Å². The van der Waals surface area contributed by atoms with Crippen LogP contribution in [0, 0.1) is 0 Å². The number of anilines is 1. The van der Waals surface area contributed by atoms with Crippen molar-refractivity contribution in [2.45, 2.75) is 33.2 Å². The molecule has 0 saturated heterocycles. The first-order valence-electron chi connectivity index (χ1n) is 10.1. The first kappa shape index (κ1) is 23.1. The highest BCUT2D eigenvalue weighted by Gasteiger charge is 2.37. The minimum absolute atomic E-state index is 0.0447. The molecule has 0 fully saturated rings. The number of nitrogens with zero attached hydrogens (tertiary/aromatic N) is 2. The van der Waals surface area contributed by atoms with Gasteiger partial charge < -0.3 is 4.74 Å². The summed E-state index contributed by atoms with van der Waals surface area (Å²) in [7, 11) is -7.06. The van der Waals surface area contributed by atoms with Crippen molar-refractivity contribution in [2.24, 2.45) is 5.10 Å². The number of nitrogens with one attached hydrogen (secondary N) is 1. The Morgan fingerprint density at radius 3 is 2.45 bits per heavy atom. The van der Waals surface area contributed by atoms with Gasteiger partial charge in [0, 0.05) is 17.7 Å². The number of para-hydroxylation sites is 1. The Kier molecular flexibility index (Phi) is 6.90. The highest BCUT2D eigenvalue weighted by atomic mass is 32.2. The molecular weight excluding hydrogens is 438 g/mol. The molecule has 1 atom stereocenters. The fraction of sp³-hybridized carbons (Fsp3) is 0.381. The van der Waals surface area contributed by atoms with Crippen LogP contribution in [-0.4, -0.2) is 45.1 Å². The summed E-state index contributed by atoms with van der Waals surface area (Å²) in [5.41, 5.74) is 2.36. The monoisotopic (exact) mass is 465 g/mol. The number of hydrazone groups is 1. The number of hydrogen-bond acceptors (Lipinski definition) is 6. The molecule has 1 aliphatic rings.